The van der Waals surface area contributed by atoms with Gasteiger partial charge in [-0.25, -0.2) is 29.9 Å². The van der Waals surface area contributed by atoms with Crippen molar-refractivity contribution in [1.29, 1.82) is 0 Å². The summed E-state index contributed by atoms with van der Waals surface area (Å²) in [4.78, 5) is 117. The van der Waals surface area contributed by atoms with Gasteiger partial charge in [0.15, 0.2) is 34.7 Å². The van der Waals surface area contributed by atoms with Crippen LogP contribution in [0.2, 0.25) is 0 Å². The number of fused-ring (bicyclic) bond motifs is 42. The van der Waals surface area contributed by atoms with Crippen LogP contribution in [-0.2, 0) is 59.2 Å². The van der Waals surface area contributed by atoms with E-state index in [2.05, 4.69) is 0 Å². The van der Waals surface area contributed by atoms with Gasteiger partial charge in [0, 0.05) is 139 Å². The zero-order valence-corrected chi connectivity index (χ0v) is 75.5. The summed E-state index contributed by atoms with van der Waals surface area (Å²) in [6, 6.07) is 107. The Labute approximate surface area is 799 Å². The zero-order valence-electron chi connectivity index (χ0n) is 70.0. The fourth-order valence-electron chi connectivity index (χ4n) is 16.4. The first-order chi connectivity index (χ1) is 65.3. The second-order valence-corrected chi connectivity index (χ2v) is 30.8. The van der Waals surface area contributed by atoms with E-state index in [-0.39, 0.29) is 59.2 Å². The predicted molar refractivity (Wildman–Crippen MR) is 510 cm³/mol. The van der Waals surface area contributed by atoms with Crippen molar-refractivity contribution < 1.29 is 59.2 Å². The van der Waals surface area contributed by atoms with E-state index in [4.69, 9.17) is 120 Å². The quantitative estimate of drug-likeness (QED) is 0.140. The Bertz CT molecular complexity index is 8690. The Morgan fingerprint density at radius 1 is 0.133 bits per heavy atom. The van der Waals surface area contributed by atoms with Crippen molar-refractivity contribution in [2.75, 3.05) is 0 Å². The molecule has 0 aliphatic carbocycles. The zero-order chi connectivity index (χ0) is 87.1. The van der Waals surface area contributed by atoms with Gasteiger partial charge in [-0.15, -0.1) is 0 Å². The molecule has 0 aliphatic heterocycles. The van der Waals surface area contributed by atoms with Crippen molar-refractivity contribution in [3.05, 3.63) is 365 Å². The molecule has 0 fully saturated rings. The van der Waals surface area contributed by atoms with Crippen molar-refractivity contribution in [3.8, 4) is 34.1 Å². The Morgan fingerprint density at radius 3 is 0.370 bits per heavy atom. The summed E-state index contributed by atoms with van der Waals surface area (Å²) in [7, 11) is 0. The van der Waals surface area contributed by atoms with Crippen molar-refractivity contribution in [3.63, 3.8) is 0 Å². The van der Waals surface area contributed by atoms with Gasteiger partial charge in [-0.05, 0) is 137 Å². The third-order valence-electron chi connectivity index (χ3n) is 22.5. The number of aromatic nitrogens is 30. The summed E-state index contributed by atoms with van der Waals surface area (Å²) >= 11 is 0. The molecule has 0 aliphatic rings. The summed E-state index contributed by atoms with van der Waals surface area (Å²) in [6.45, 7) is 0. The van der Waals surface area contributed by atoms with E-state index in [1.807, 2.05) is 392 Å². The molecular formula is C102H60CuN30Pt2. The van der Waals surface area contributed by atoms with Gasteiger partial charge in [0.05, 0.1) is 0 Å². The molecule has 15 heterocycles. The largest absolute Gasteiger partial charge is 2.00 e. The van der Waals surface area contributed by atoms with E-state index in [9.17, 15) is 0 Å². The molecule has 27 aromatic rings. The molecule has 0 amide bonds. The number of rotatable bonds is 6. The Balaban J connectivity index is 0.000000116. The minimum atomic E-state index is 0. The maximum atomic E-state index is 4.97. The maximum absolute atomic E-state index is 4.97. The van der Waals surface area contributed by atoms with Crippen LogP contribution in [0, 0.1) is 0 Å². The molecule has 0 saturated carbocycles. The van der Waals surface area contributed by atoms with Gasteiger partial charge in [-0.3, -0.25) is 27.4 Å². The van der Waals surface area contributed by atoms with Crippen LogP contribution in [0.5, 0.6) is 0 Å². The molecule has 30 nitrogen and oxygen atoms in total. The van der Waals surface area contributed by atoms with Crippen LogP contribution in [0.4, 0.5) is 0 Å². The van der Waals surface area contributed by atoms with Crippen LogP contribution in [0.25, 0.3) is 235 Å². The summed E-state index contributed by atoms with van der Waals surface area (Å²) < 4.78 is 11.4. The fourth-order valence-corrected chi connectivity index (χ4v) is 16.4. The van der Waals surface area contributed by atoms with Gasteiger partial charge >= 0.3 is 59.2 Å². The van der Waals surface area contributed by atoms with Crippen molar-refractivity contribution in [2.24, 2.45) is 0 Å². The van der Waals surface area contributed by atoms with E-state index < -0.39 is 0 Å². The number of hydrogen-bond acceptors (Lipinski definition) is 18. The van der Waals surface area contributed by atoms with Gasteiger partial charge in [-0.1, -0.05) is 255 Å². The molecular weight excluding hydrogens is 2100 g/mol. The van der Waals surface area contributed by atoms with Gasteiger partial charge in [0.25, 0.3) is 0 Å². The first-order valence-electron chi connectivity index (χ1n) is 42.1. The topological polar surface area (TPSA) is 346 Å². The summed E-state index contributed by atoms with van der Waals surface area (Å²) in [5.74, 6) is 2.62. The minimum Gasteiger partial charge on any atom is -0.357 e. The Morgan fingerprint density at radius 2 is 0.244 bits per heavy atom. The van der Waals surface area contributed by atoms with E-state index in [1.165, 1.54) is 0 Å². The number of nitrogens with zero attached hydrogens (tertiary/aromatic N) is 30. The molecule has 33 heteroatoms. The molecule has 27 rings (SSSR count). The molecule has 24 bridgehead atoms. The molecule has 0 unspecified atom stereocenters. The smallest absolute Gasteiger partial charge is 0.357 e. The molecule has 649 valence electrons. The van der Waals surface area contributed by atoms with Crippen LogP contribution < -0.4 is 29.9 Å². The van der Waals surface area contributed by atoms with E-state index >= 15 is 0 Å². The predicted octanol–water partition coefficient (Wildman–Crippen LogP) is 18.5. The molecule has 0 atom stereocenters. The van der Waals surface area contributed by atoms with Crippen LogP contribution in [0.3, 0.4) is 0 Å². The molecule has 1 radical (unpaired) electrons. The summed E-state index contributed by atoms with van der Waals surface area (Å²) in [5.41, 5.74) is 14.3. The van der Waals surface area contributed by atoms with Crippen molar-refractivity contribution in [1.82, 2.24) is 147 Å². The SMILES string of the molecule is [Cu+2].[Pt+2].[Pt+2].c1ccc(-n2cc3nc4[n-]c(nc5cn(-c6ccccc6)c(n5)nc5[n-]c(nc2n3)c2ccccc52)c2ccccc42)cc1.c1ccc(-n2cc3nc4[n-]c(nc5nc(cn5-c5ccccc5)nc5[n-]c(nc2n3)c2ccccc52)c2ccccc42)cc1.c1ccc(-n2cc3nc4[n-]c(nc5nc(cn5-c5ccccc5)nc5[n-]c(nc2n3)c2ccccc52)c2ccccc42)cc1. The van der Waals surface area contributed by atoms with E-state index in [0.29, 0.717) is 136 Å². The molecule has 135 heavy (non-hydrogen) atoms. The second-order valence-electron chi connectivity index (χ2n) is 30.8. The van der Waals surface area contributed by atoms with Crippen LogP contribution in [0.1, 0.15) is 0 Å². The first kappa shape index (κ1) is 83.3. The van der Waals surface area contributed by atoms with Crippen LogP contribution in [-0.4, -0.2) is 117 Å². The van der Waals surface area contributed by atoms with E-state index in [0.717, 1.165) is 98.8 Å². The Hall–Kier alpha value is -17.4. The molecule has 0 saturated heterocycles. The molecule has 0 spiro atoms. The first-order valence-corrected chi connectivity index (χ1v) is 42.1. The van der Waals surface area contributed by atoms with Gasteiger partial charge < -0.3 is 89.7 Å². The minimum absolute atomic E-state index is 0. The standard InChI is InChI=1S/3C34H20N10.Cu.2Pt/c2*1-3-11-21(12-4-1)43-19-27-35-29-24-16-8-10-18-26(24)32(40-29)42-34-38-28(20-44(34)22-13-5-2-6-14-22)36-30-23-15-7-9-17-25(23)31(39-30)41-33(43)37-27;1-3-11-21(12-4-1)43-19-27-35-29-23-15-7-8-16-24(23)30(39-29)36-28-20-44(22-13-5-2-6-14-22)34(38-28)42-32-26-18-10-9-17-25(26)31(40-32)41-33(43)37-27;;;/h3*1-20H;;;/q3*-2;3*+2. The third kappa shape index (κ3) is 15.7. The second kappa shape index (κ2) is 35.2. The van der Waals surface area contributed by atoms with Gasteiger partial charge in [0.2, 0.25) is 0 Å². The maximum Gasteiger partial charge on any atom is 2.00 e. The number of para-hydroxylation sites is 6. The molecule has 0 N–H and O–H groups in total. The number of hydrogen-bond donors (Lipinski definition) is 0. The fraction of sp³-hybridized carbons (Fsp3) is 0. The van der Waals surface area contributed by atoms with Crippen LogP contribution in [0.15, 0.2) is 365 Å². The average molecular weight is 2160 g/mol. The monoisotopic (exact) mass is 2160 g/mol. The number of benzene rings is 12. The Kier molecular flexibility index (Phi) is 21.7. The molecule has 12 aromatic carbocycles. The van der Waals surface area contributed by atoms with Crippen LogP contribution >= 0.6 is 0 Å². The third-order valence-corrected chi connectivity index (χ3v) is 22.5. The summed E-state index contributed by atoms with van der Waals surface area (Å²) in [5, 5.41) is 10.3. The number of imidazole rings is 6. The van der Waals surface area contributed by atoms with E-state index in [1.54, 1.807) is 0 Å². The van der Waals surface area contributed by atoms with Gasteiger partial charge in [-0.2, -0.15) is 0 Å². The molecule has 15 aromatic heterocycles. The summed E-state index contributed by atoms with van der Waals surface area (Å²) in [6.07, 6.45) is 11.1. The normalized spacial score (nSPS) is 11.4. The van der Waals surface area contributed by atoms with Crippen molar-refractivity contribution in [2.45, 2.75) is 0 Å². The average Bonchev–Trinajstić information content (AvgIpc) is 1.62. The van der Waals surface area contributed by atoms with Gasteiger partial charge in [0.1, 0.15) is 33.9 Å². The van der Waals surface area contributed by atoms with Crippen molar-refractivity contribution >= 4 is 201 Å².